The first-order valence-corrected chi connectivity index (χ1v) is 10.1. The van der Waals surface area contributed by atoms with Crippen LogP contribution in [-0.4, -0.2) is 56.6 Å². The number of anilines is 1. The summed E-state index contributed by atoms with van der Waals surface area (Å²) in [4.78, 5) is 27.9. The van der Waals surface area contributed by atoms with Crippen molar-refractivity contribution in [1.29, 1.82) is 0 Å². The van der Waals surface area contributed by atoms with E-state index < -0.39 is 0 Å². The van der Waals surface area contributed by atoms with Crippen molar-refractivity contribution in [2.45, 2.75) is 45.1 Å². The molecule has 0 spiro atoms. The lowest BCUT2D eigenvalue weighted by molar-refractivity contribution is -0.120. The summed E-state index contributed by atoms with van der Waals surface area (Å²) >= 11 is 0. The van der Waals surface area contributed by atoms with Gasteiger partial charge in [-0.05, 0) is 51.6 Å². The maximum absolute atomic E-state index is 13.2. The average molecular weight is 426 g/mol. The number of amides is 2. The van der Waals surface area contributed by atoms with Crippen LogP contribution in [0.5, 0.6) is 11.5 Å². The Morgan fingerprint density at radius 3 is 2.38 bits per heavy atom. The number of hydrogen-bond donors (Lipinski definition) is 2. The summed E-state index contributed by atoms with van der Waals surface area (Å²) in [6.07, 6.45) is 4.74. The Kier molecular flexibility index (Phi) is 8.59. The lowest BCUT2D eigenvalue weighted by atomic mass is 9.92. The number of hydrogen-bond acceptors (Lipinski definition) is 5. The van der Waals surface area contributed by atoms with E-state index in [1.807, 2.05) is 4.90 Å². The van der Waals surface area contributed by atoms with Crippen molar-refractivity contribution in [3.63, 3.8) is 0 Å². The van der Waals surface area contributed by atoms with Crippen LogP contribution in [0, 0.1) is 5.92 Å². The van der Waals surface area contributed by atoms with Gasteiger partial charge in [-0.1, -0.05) is 0 Å². The number of nitrogens with one attached hydrogen (secondary N) is 2. The van der Waals surface area contributed by atoms with Gasteiger partial charge in [0.05, 0.1) is 25.5 Å². The van der Waals surface area contributed by atoms with E-state index in [4.69, 9.17) is 9.47 Å². The highest BCUT2D eigenvalue weighted by molar-refractivity contribution is 6.05. The monoisotopic (exact) mass is 425 g/mol. The lowest BCUT2D eigenvalue weighted by Crippen LogP contribution is -2.40. The zero-order valence-electron chi connectivity index (χ0n) is 17.5. The number of likely N-dealkylation sites (tertiary alicyclic amines) is 1. The Morgan fingerprint density at radius 2 is 1.76 bits per heavy atom. The average Bonchev–Trinajstić information content (AvgIpc) is 2.73. The molecule has 0 unspecified atom stereocenters. The zero-order chi connectivity index (χ0) is 20.1. The number of carbonyl (C=O) groups excluding carboxylic acids is 2. The SMILES string of the molecule is COc1cc(NC(=O)[C@H]2CCN[C@@H](C)C2)c(C(=O)N2CCCCC2)cc1OC.Cl. The molecule has 0 bridgehead atoms. The second-order valence-electron chi connectivity index (χ2n) is 7.67. The first-order valence-electron chi connectivity index (χ1n) is 10.1. The molecule has 0 radical (unpaired) electrons. The van der Waals surface area contributed by atoms with E-state index in [0.717, 1.165) is 51.7 Å². The maximum atomic E-state index is 13.2. The number of carbonyl (C=O) groups is 2. The number of methoxy groups -OCH3 is 2. The van der Waals surface area contributed by atoms with Crippen LogP contribution in [0.1, 0.15) is 49.4 Å². The third kappa shape index (κ3) is 5.54. The van der Waals surface area contributed by atoms with Gasteiger partial charge in [0.1, 0.15) is 0 Å². The molecule has 29 heavy (non-hydrogen) atoms. The molecule has 1 aromatic carbocycles. The van der Waals surface area contributed by atoms with E-state index in [0.29, 0.717) is 28.8 Å². The first kappa shape index (κ1) is 23.3. The van der Waals surface area contributed by atoms with E-state index in [9.17, 15) is 9.59 Å². The molecule has 8 heteroatoms. The molecule has 2 aliphatic rings. The van der Waals surface area contributed by atoms with Crippen LogP contribution in [0.25, 0.3) is 0 Å². The van der Waals surface area contributed by atoms with Gasteiger partial charge in [0, 0.05) is 31.1 Å². The predicted octanol–water partition coefficient (Wildman–Crippen LogP) is 3.08. The van der Waals surface area contributed by atoms with Crippen molar-refractivity contribution in [2.75, 3.05) is 39.2 Å². The number of rotatable bonds is 5. The van der Waals surface area contributed by atoms with Gasteiger partial charge in [-0.25, -0.2) is 0 Å². The topological polar surface area (TPSA) is 79.9 Å². The molecule has 7 nitrogen and oxygen atoms in total. The number of benzene rings is 1. The van der Waals surface area contributed by atoms with Gasteiger partial charge in [-0.15, -0.1) is 12.4 Å². The highest BCUT2D eigenvalue weighted by Crippen LogP contribution is 2.35. The molecule has 0 aliphatic carbocycles. The minimum atomic E-state index is -0.0744. The summed E-state index contributed by atoms with van der Waals surface area (Å²) in [5.41, 5.74) is 0.944. The molecule has 2 saturated heterocycles. The molecule has 2 N–H and O–H groups in total. The number of piperidine rings is 2. The number of nitrogens with zero attached hydrogens (tertiary/aromatic N) is 1. The Hall–Kier alpha value is -1.99. The van der Waals surface area contributed by atoms with Gasteiger partial charge in [0.25, 0.3) is 5.91 Å². The molecular weight excluding hydrogens is 394 g/mol. The second kappa shape index (κ2) is 10.7. The quantitative estimate of drug-likeness (QED) is 0.757. The summed E-state index contributed by atoms with van der Waals surface area (Å²) in [7, 11) is 3.09. The summed E-state index contributed by atoms with van der Waals surface area (Å²) in [5.74, 6) is 0.785. The molecule has 2 fully saturated rings. The van der Waals surface area contributed by atoms with Crippen LogP contribution < -0.4 is 20.1 Å². The molecule has 2 heterocycles. The Balaban J connectivity index is 0.00000300. The van der Waals surface area contributed by atoms with Gasteiger partial charge in [-0.3, -0.25) is 9.59 Å². The van der Waals surface area contributed by atoms with Crippen molar-refractivity contribution in [3.8, 4) is 11.5 Å². The summed E-state index contributed by atoms with van der Waals surface area (Å²) in [6, 6.07) is 3.68. The highest BCUT2D eigenvalue weighted by Gasteiger charge is 2.28. The van der Waals surface area contributed by atoms with Gasteiger partial charge in [0.15, 0.2) is 11.5 Å². The Bertz CT molecular complexity index is 722. The first-order chi connectivity index (χ1) is 13.5. The fraction of sp³-hybridized carbons (Fsp3) is 0.619. The lowest BCUT2D eigenvalue weighted by Gasteiger charge is -2.29. The van der Waals surface area contributed by atoms with Crippen LogP contribution in [-0.2, 0) is 4.79 Å². The largest absolute Gasteiger partial charge is 0.493 e. The fourth-order valence-electron chi connectivity index (χ4n) is 4.03. The van der Waals surface area contributed by atoms with E-state index in [1.54, 1.807) is 26.4 Å². The molecular formula is C21H32ClN3O4. The Morgan fingerprint density at radius 1 is 1.10 bits per heavy atom. The van der Waals surface area contributed by atoms with Crippen molar-refractivity contribution in [3.05, 3.63) is 17.7 Å². The molecule has 2 amide bonds. The third-order valence-electron chi connectivity index (χ3n) is 5.65. The standard InChI is InChI=1S/C21H31N3O4.ClH/c1-14-11-15(7-8-22-14)20(25)23-17-13-19(28-3)18(27-2)12-16(17)21(26)24-9-5-4-6-10-24;/h12-15,22H,4-11H2,1-3H3,(H,23,25);1H/t14-,15-;/m0./s1. The minimum Gasteiger partial charge on any atom is -0.493 e. The summed E-state index contributed by atoms with van der Waals surface area (Å²) in [6.45, 7) is 4.39. The van der Waals surface area contributed by atoms with Crippen LogP contribution in [0.4, 0.5) is 5.69 Å². The van der Waals surface area contributed by atoms with Crippen molar-refractivity contribution in [2.24, 2.45) is 5.92 Å². The molecule has 0 saturated carbocycles. The van der Waals surface area contributed by atoms with Crippen LogP contribution >= 0.6 is 12.4 Å². The van der Waals surface area contributed by atoms with Crippen LogP contribution in [0.15, 0.2) is 12.1 Å². The maximum Gasteiger partial charge on any atom is 0.256 e. The second-order valence-corrected chi connectivity index (χ2v) is 7.67. The fourth-order valence-corrected chi connectivity index (χ4v) is 4.03. The van der Waals surface area contributed by atoms with Gasteiger partial charge < -0.3 is 25.0 Å². The van der Waals surface area contributed by atoms with Crippen LogP contribution in [0.3, 0.4) is 0 Å². The highest BCUT2D eigenvalue weighted by atomic mass is 35.5. The smallest absolute Gasteiger partial charge is 0.256 e. The van der Waals surface area contributed by atoms with E-state index in [1.165, 1.54) is 0 Å². The van der Waals surface area contributed by atoms with Crippen LogP contribution in [0.2, 0.25) is 0 Å². The van der Waals surface area contributed by atoms with E-state index in [-0.39, 0.29) is 30.1 Å². The summed E-state index contributed by atoms with van der Waals surface area (Å²) < 4.78 is 10.8. The molecule has 0 aromatic heterocycles. The zero-order valence-corrected chi connectivity index (χ0v) is 18.3. The number of halogens is 1. The van der Waals surface area contributed by atoms with E-state index >= 15 is 0 Å². The van der Waals surface area contributed by atoms with Gasteiger partial charge in [0.2, 0.25) is 5.91 Å². The molecule has 3 rings (SSSR count). The molecule has 1 aromatic rings. The number of ether oxygens (including phenoxy) is 2. The molecule has 2 atom stereocenters. The predicted molar refractivity (Wildman–Crippen MR) is 115 cm³/mol. The summed E-state index contributed by atoms with van der Waals surface area (Å²) in [5, 5.41) is 6.36. The van der Waals surface area contributed by atoms with Crippen molar-refractivity contribution < 1.29 is 19.1 Å². The molecule has 162 valence electrons. The van der Waals surface area contributed by atoms with Crippen molar-refractivity contribution in [1.82, 2.24) is 10.2 Å². The minimum absolute atomic E-state index is 0. The van der Waals surface area contributed by atoms with Gasteiger partial charge in [-0.2, -0.15) is 0 Å². The van der Waals surface area contributed by atoms with E-state index in [2.05, 4.69) is 17.6 Å². The van der Waals surface area contributed by atoms with Crippen molar-refractivity contribution >= 4 is 29.9 Å². The normalized spacial score (nSPS) is 21.7. The third-order valence-corrected chi connectivity index (χ3v) is 5.65. The molecule has 2 aliphatic heterocycles. The Labute approximate surface area is 178 Å². The van der Waals surface area contributed by atoms with Gasteiger partial charge >= 0.3 is 0 Å².